The van der Waals surface area contributed by atoms with Crippen LogP contribution in [0.1, 0.15) is 35.8 Å². The highest BCUT2D eigenvalue weighted by Gasteiger charge is 2.25. The van der Waals surface area contributed by atoms with Crippen molar-refractivity contribution >= 4 is 17.7 Å². The molecule has 1 fully saturated rings. The third-order valence-electron chi connectivity index (χ3n) is 4.53. The molecule has 1 N–H and O–H groups in total. The number of thioether (sulfide) groups is 1. The number of likely N-dealkylation sites (tertiary alicyclic amines) is 1. The van der Waals surface area contributed by atoms with Gasteiger partial charge in [-0.05, 0) is 50.6 Å². The summed E-state index contributed by atoms with van der Waals surface area (Å²) in [5.41, 5.74) is 2.53. The van der Waals surface area contributed by atoms with Crippen molar-refractivity contribution in [3.63, 3.8) is 0 Å². The molecule has 4 nitrogen and oxygen atoms in total. The monoisotopic (exact) mass is 358 g/mol. The normalized spacial score (nSPS) is 16.0. The molecule has 0 saturated carbocycles. The lowest BCUT2D eigenvalue weighted by atomic mass is 10.2. The molecule has 1 atom stereocenters. The molecule has 1 amide bonds. The lowest BCUT2D eigenvalue weighted by Gasteiger charge is -2.26. The Balaban J connectivity index is 1.45. The number of hydrogen-bond acceptors (Lipinski definition) is 4. The third kappa shape index (κ3) is 5.38. The molecule has 0 aliphatic carbocycles. The fourth-order valence-corrected chi connectivity index (χ4v) is 4.07. The number of benzene rings is 1. The SMILES string of the molecule is Cc1cccc(CSCC(=O)NCC(c2ccco2)N2CCCC2)c1. The first-order valence-electron chi connectivity index (χ1n) is 8.90. The number of rotatable bonds is 8. The number of furan rings is 1. The van der Waals surface area contributed by atoms with Crippen LogP contribution in [0.4, 0.5) is 0 Å². The standard InChI is InChI=1S/C20H26N2O2S/c1-16-6-4-7-17(12-16)14-25-15-20(23)21-13-18(19-8-5-11-24-19)22-9-2-3-10-22/h4-8,11-12,18H,2-3,9-10,13-15H2,1H3,(H,21,23). The predicted molar refractivity (Wildman–Crippen MR) is 103 cm³/mol. The third-order valence-corrected chi connectivity index (χ3v) is 5.53. The van der Waals surface area contributed by atoms with Crippen molar-refractivity contribution in [1.29, 1.82) is 0 Å². The van der Waals surface area contributed by atoms with Crippen LogP contribution in [-0.2, 0) is 10.5 Å². The van der Waals surface area contributed by atoms with Crippen molar-refractivity contribution in [2.75, 3.05) is 25.4 Å². The summed E-state index contributed by atoms with van der Waals surface area (Å²) in [4.78, 5) is 14.6. The zero-order valence-corrected chi connectivity index (χ0v) is 15.6. The first-order valence-corrected chi connectivity index (χ1v) is 10.1. The van der Waals surface area contributed by atoms with E-state index in [4.69, 9.17) is 4.42 Å². The number of carbonyl (C=O) groups excluding carboxylic acids is 1. The van der Waals surface area contributed by atoms with Gasteiger partial charge in [0.15, 0.2) is 0 Å². The Kier molecular flexibility index (Phi) is 6.59. The van der Waals surface area contributed by atoms with Crippen molar-refractivity contribution < 1.29 is 9.21 Å². The lowest BCUT2D eigenvalue weighted by Crippen LogP contribution is -2.37. The summed E-state index contributed by atoms with van der Waals surface area (Å²) in [5.74, 6) is 2.38. The van der Waals surface area contributed by atoms with Gasteiger partial charge in [0.05, 0.1) is 18.1 Å². The van der Waals surface area contributed by atoms with Gasteiger partial charge in [-0.2, -0.15) is 0 Å². The van der Waals surface area contributed by atoms with E-state index >= 15 is 0 Å². The molecule has 134 valence electrons. The van der Waals surface area contributed by atoms with Crippen LogP contribution >= 0.6 is 11.8 Å². The molecule has 1 aromatic heterocycles. The fourth-order valence-electron chi connectivity index (χ4n) is 3.27. The first kappa shape index (κ1) is 18.1. The maximum absolute atomic E-state index is 12.2. The number of nitrogens with one attached hydrogen (secondary N) is 1. The number of amides is 1. The molecule has 1 unspecified atom stereocenters. The number of hydrogen-bond donors (Lipinski definition) is 1. The van der Waals surface area contributed by atoms with Crippen LogP contribution in [0.3, 0.4) is 0 Å². The van der Waals surface area contributed by atoms with Crippen LogP contribution in [-0.4, -0.2) is 36.2 Å². The zero-order chi connectivity index (χ0) is 17.5. The molecule has 1 aliphatic heterocycles. The highest BCUT2D eigenvalue weighted by molar-refractivity contribution is 7.99. The number of nitrogens with zero attached hydrogens (tertiary/aromatic N) is 1. The molecule has 1 aliphatic rings. The van der Waals surface area contributed by atoms with Gasteiger partial charge in [-0.25, -0.2) is 0 Å². The van der Waals surface area contributed by atoms with E-state index in [2.05, 4.69) is 41.4 Å². The highest BCUT2D eigenvalue weighted by Crippen LogP contribution is 2.25. The molecule has 25 heavy (non-hydrogen) atoms. The Morgan fingerprint density at radius 1 is 1.28 bits per heavy atom. The van der Waals surface area contributed by atoms with E-state index in [1.807, 2.05) is 12.1 Å². The minimum absolute atomic E-state index is 0.0911. The van der Waals surface area contributed by atoms with E-state index in [0.29, 0.717) is 12.3 Å². The molecule has 1 aromatic carbocycles. The minimum Gasteiger partial charge on any atom is -0.468 e. The Morgan fingerprint density at radius 3 is 2.84 bits per heavy atom. The topological polar surface area (TPSA) is 45.5 Å². The van der Waals surface area contributed by atoms with Gasteiger partial charge in [-0.15, -0.1) is 11.8 Å². The minimum atomic E-state index is 0.0911. The molecule has 5 heteroatoms. The molecular weight excluding hydrogens is 332 g/mol. The summed E-state index contributed by atoms with van der Waals surface area (Å²) in [7, 11) is 0. The Morgan fingerprint density at radius 2 is 2.12 bits per heavy atom. The summed E-state index contributed by atoms with van der Waals surface area (Å²) in [6.45, 7) is 4.85. The molecule has 2 aromatic rings. The van der Waals surface area contributed by atoms with Crippen LogP contribution in [0, 0.1) is 6.92 Å². The molecule has 3 rings (SSSR count). The summed E-state index contributed by atoms with van der Waals surface area (Å²) >= 11 is 1.66. The van der Waals surface area contributed by atoms with E-state index < -0.39 is 0 Å². The van der Waals surface area contributed by atoms with E-state index in [0.717, 1.165) is 24.6 Å². The molecule has 0 spiro atoms. The van der Waals surface area contributed by atoms with Gasteiger partial charge in [-0.1, -0.05) is 29.8 Å². The second-order valence-corrected chi connectivity index (χ2v) is 7.55. The van der Waals surface area contributed by atoms with Crippen LogP contribution < -0.4 is 5.32 Å². The average molecular weight is 359 g/mol. The molecule has 2 heterocycles. The van der Waals surface area contributed by atoms with Gasteiger partial charge in [-0.3, -0.25) is 9.69 Å². The Labute approximate surface area is 154 Å². The fraction of sp³-hybridized carbons (Fsp3) is 0.450. The van der Waals surface area contributed by atoms with E-state index in [-0.39, 0.29) is 11.9 Å². The van der Waals surface area contributed by atoms with Gasteiger partial charge in [0.1, 0.15) is 5.76 Å². The summed E-state index contributed by atoms with van der Waals surface area (Å²) in [6, 6.07) is 12.5. The van der Waals surface area contributed by atoms with Crippen molar-refractivity contribution in [3.8, 4) is 0 Å². The van der Waals surface area contributed by atoms with Crippen molar-refractivity contribution in [1.82, 2.24) is 10.2 Å². The summed E-state index contributed by atoms with van der Waals surface area (Å²) in [5, 5.41) is 3.08. The van der Waals surface area contributed by atoms with E-state index in [1.165, 1.54) is 24.0 Å². The van der Waals surface area contributed by atoms with Gasteiger partial charge in [0, 0.05) is 12.3 Å². The number of aryl methyl sites for hydroxylation is 1. The first-order chi connectivity index (χ1) is 12.2. The van der Waals surface area contributed by atoms with E-state index in [1.54, 1.807) is 18.0 Å². The Hall–Kier alpha value is -1.72. The maximum atomic E-state index is 12.2. The average Bonchev–Trinajstić information content (AvgIpc) is 3.29. The summed E-state index contributed by atoms with van der Waals surface area (Å²) in [6.07, 6.45) is 4.15. The molecule has 0 radical (unpaired) electrons. The van der Waals surface area contributed by atoms with Crippen LogP contribution in [0.25, 0.3) is 0 Å². The molecule has 1 saturated heterocycles. The quantitative estimate of drug-likeness (QED) is 0.780. The predicted octanol–water partition coefficient (Wildman–Crippen LogP) is 3.77. The summed E-state index contributed by atoms with van der Waals surface area (Å²) < 4.78 is 5.59. The molecule has 0 bridgehead atoms. The lowest BCUT2D eigenvalue weighted by molar-refractivity contribution is -0.118. The van der Waals surface area contributed by atoms with Crippen LogP contribution in [0.2, 0.25) is 0 Å². The number of carbonyl (C=O) groups is 1. The van der Waals surface area contributed by atoms with E-state index in [9.17, 15) is 4.79 Å². The maximum Gasteiger partial charge on any atom is 0.230 e. The second-order valence-electron chi connectivity index (χ2n) is 6.56. The molecular formula is C20H26N2O2S. The van der Waals surface area contributed by atoms with Gasteiger partial charge in [0.2, 0.25) is 5.91 Å². The van der Waals surface area contributed by atoms with Crippen LogP contribution in [0.15, 0.2) is 47.1 Å². The van der Waals surface area contributed by atoms with Crippen molar-refractivity contribution in [2.24, 2.45) is 0 Å². The van der Waals surface area contributed by atoms with Gasteiger partial charge in [0.25, 0.3) is 0 Å². The highest BCUT2D eigenvalue weighted by atomic mass is 32.2. The van der Waals surface area contributed by atoms with Crippen molar-refractivity contribution in [3.05, 3.63) is 59.5 Å². The Bertz CT molecular complexity index is 666. The van der Waals surface area contributed by atoms with Gasteiger partial charge >= 0.3 is 0 Å². The largest absolute Gasteiger partial charge is 0.468 e. The smallest absolute Gasteiger partial charge is 0.230 e. The van der Waals surface area contributed by atoms with Crippen molar-refractivity contribution in [2.45, 2.75) is 31.6 Å². The zero-order valence-electron chi connectivity index (χ0n) is 14.7. The van der Waals surface area contributed by atoms with Crippen LogP contribution in [0.5, 0.6) is 0 Å². The second kappa shape index (κ2) is 9.11. The van der Waals surface area contributed by atoms with Gasteiger partial charge < -0.3 is 9.73 Å².